The van der Waals surface area contributed by atoms with E-state index < -0.39 is 69.5 Å². The number of hydrogen-bond donors (Lipinski definition) is 1. The van der Waals surface area contributed by atoms with Crippen molar-refractivity contribution in [2.45, 2.75) is 80.8 Å². The Kier molecular flexibility index (Phi) is 6.14. The minimum atomic E-state index is -4.82. The van der Waals surface area contributed by atoms with Crippen molar-refractivity contribution >= 4 is 21.7 Å². The standard InChI is InChI=1S/C26H27F3N4O5S/c1-14-10-17(21-15(2)32-38-16(21)3)4-5-20(14)39(36,37)18-11-19(22(34)31-24(13-30)6-7-24)33(12-18)23(35)25(8-9-25)26(27,28)29/h4-5,10,18-19H,6-9,11-12H2,1-3H3,(H,31,34). The van der Waals surface area contributed by atoms with E-state index in [1.165, 1.54) is 6.07 Å². The Bertz CT molecular complexity index is 1500. The molecule has 13 heteroatoms. The molecule has 2 unspecified atom stereocenters. The Labute approximate surface area is 223 Å². The molecule has 1 saturated heterocycles. The van der Waals surface area contributed by atoms with Gasteiger partial charge in [0.15, 0.2) is 9.84 Å². The summed E-state index contributed by atoms with van der Waals surface area (Å²) in [4.78, 5) is 27.1. The lowest BCUT2D eigenvalue weighted by atomic mass is 10.0. The Morgan fingerprint density at radius 2 is 1.85 bits per heavy atom. The minimum Gasteiger partial charge on any atom is -0.361 e. The average molecular weight is 565 g/mol. The van der Waals surface area contributed by atoms with Crippen molar-refractivity contribution in [3.05, 3.63) is 35.2 Å². The molecule has 1 aliphatic heterocycles. The summed E-state index contributed by atoms with van der Waals surface area (Å²) in [6.45, 7) is 4.54. The van der Waals surface area contributed by atoms with E-state index >= 15 is 0 Å². The summed E-state index contributed by atoms with van der Waals surface area (Å²) in [5.74, 6) is -1.55. The molecule has 2 amide bonds. The molecular formula is C26H27F3N4O5S. The summed E-state index contributed by atoms with van der Waals surface area (Å²) >= 11 is 0. The van der Waals surface area contributed by atoms with Crippen LogP contribution in [0.25, 0.3) is 11.1 Å². The van der Waals surface area contributed by atoms with Gasteiger partial charge in [0.05, 0.1) is 21.9 Å². The number of amides is 2. The van der Waals surface area contributed by atoms with Gasteiger partial charge in [0.25, 0.3) is 0 Å². The maximum atomic E-state index is 13.8. The van der Waals surface area contributed by atoms with E-state index in [2.05, 4.69) is 10.5 Å². The molecule has 3 fully saturated rings. The van der Waals surface area contributed by atoms with E-state index in [-0.39, 0.29) is 11.3 Å². The first-order valence-corrected chi connectivity index (χ1v) is 14.1. The molecule has 3 aliphatic rings. The number of aromatic nitrogens is 1. The molecule has 1 aromatic carbocycles. The van der Waals surface area contributed by atoms with Crippen molar-refractivity contribution in [1.82, 2.24) is 15.4 Å². The number of nitriles is 1. The molecule has 0 radical (unpaired) electrons. The number of sulfone groups is 1. The highest BCUT2D eigenvalue weighted by molar-refractivity contribution is 7.92. The predicted molar refractivity (Wildman–Crippen MR) is 131 cm³/mol. The SMILES string of the molecule is Cc1cc(-c2c(C)noc2C)ccc1S(=O)(=O)C1CC(C(=O)NC2(C#N)CC2)N(C(=O)C2(C(F)(F)F)CC2)C1. The third-order valence-corrected chi connectivity index (χ3v) is 10.4. The van der Waals surface area contributed by atoms with Crippen molar-refractivity contribution in [2.75, 3.05) is 6.54 Å². The first-order valence-electron chi connectivity index (χ1n) is 12.5. The third-order valence-electron chi connectivity index (χ3n) is 8.10. The van der Waals surface area contributed by atoms with Gasteiger partial charge in [-0.25, -0.2) is 8.42 Å². The summed E-state index contributed by atoms with van der Waals surface area (Å²) < 4.78 is 74.1. The molecule has 2 aliphatic carbocycles. The molecule has 1 N–H and O–H groups in total. The Morgan fingerprint density at radius 3 is 2.33 bits per heavy atom. The molecule has 2 atom stereocenters. The Hall–Kier alpha value is -3.40. The maximum Gasteiger partial charge on any atom is 0.403 e. The van der Waals surface area contributed by atoms with Crippen LogP contribution in [0.4, 0.5) is 13.2 Å². The molecule has 2 aromatic rings. The molecule has 208 valence electrons. The van der Waals surface area contributed by atoms with E-state index in [1.54, 1.807) is 32.9 Å². The molecule has 0 bridgehead atoms. The summed E-state index contributed by atoms with van der Waals surface area (Å²) in [6, 6.07) is 5.21. The van der Waals surface area contributed by atoms with Crippen LogP contribution < -0.4 is 5.32 Å². The topological polar surface area (TPSA) is 133 Å². The Morgan fingerprint density at radius 1 is 1.18 bits per heavy atom. The van der Waals surface area contributed by atoms with Gasteiger partial charge in [-0.05, 0) is 76.1 Å². The van der Waals surface area contributed by atoms with Crippen molar-refractivity contribution in [3.63, 3.8) is 0 Å². The second-order valence-electron chi connectivity index (χ2n) is 10.8. The van der Waals surface area contributed by atoms with Crippen LogP contribution >= 0.6 is 0 Å². The lowest BCUT2D eigenvalue weighted by Crippen LogP contribution is -2.53. The zero-order valence-corrected chi connectivity index (χ0v) is 22.4. The van der Waals surface area contributed by atoms with Gasteiger partial charge >= 0.3 is 6.18 Å². The van der Waals surface area contributed by atoms with Crippen molar-refractivity contribution in [2.24, 2.45) is 5.41 Å². The van der Waals surface area contributed by atoms with Gasteiger partial charge in [-0.1, -0.05) is 11.2 Å². The lowest BCUT2D eigenvalue weighted by molar-refractivity contribution is -0.199. The highest BCUT2D eigenvalue weighted by Gasteiger charge is 2.70. The highest BCUT2D eigenvalue weighted by atomic mass is 32.2. The molecule has 5 rings (SSSR count). The van der Waals surface area contributed by atoms with Gasteiger partial charge in [-0.3, -0.25) is 9.59 Å². The molecule has 39 heavy (non-hydrogen) atoms. The van der Waals surface area contributed by atoms with E-state index in [4.69, 9.17) is 4.52 Å². The largest absolute Gasteiger partial charge is 0.403 e. The Balaban J connectivity index is 1.47. The number of nitrogens with zero attached hydrogens (tertiary/aromatic N) is 3. The monoisotopic (exact) mass is 564 g/mol. The van der Waals surface area contributed by atoms with E-state index in [0.717, 1.165) is 10.5 Å². The van der Waals surface area contributed by atoms with Crippen LogP contribution in [-0.4, -0.2) is 59.8 Å². The summed E-state index contributed by atoms with van der Waals surface area (Å²) in [5.41, 5.74) is -1.29. The molecule has 0 spiro atoms. The fourth-order valence-electron chi connectivity index (χ4n) is 5.42. The zero-order chi connectivity index (χ0) is 28.5. The van der Waals surface area contributed by atoms with Crippen LogP contribution in [0.15, 0.2) is 27.6 Å². The first-order chi connectivity index (χ1) is 18.2. The molecule has 1 aromatic heterocycles. The number of alkyl halides is 3. The van der Waals surface area contributed by atoms with Crippen LogP contribution in [-0.2, 0) is 19.4 Å². The quantitative estimate of drug-likeness (QED) is 0.568. The fraction of sp³-hybridized carbons (Fsp3) is 0.538. The molecular weight excluding hydrogens is 537 g/mol. The third kappa shape index (κ3) is 4.38. The molecule has 2 heterocycles. The van der Waals surface area contributed by atoms with Gasteiger partial charge in [-0.15, -0.1) is 0 Å². The number of likely N-dealkylation sites (tertiary alicyclic amines) is 1. The number of carbonyl (C=O) groups excluding carboxylic acids is 2. The fourth-order valence-corrected chi connectivity index (χ4v) is 7.34. The van der Waals surface area contributed by atoms with Crippen molar-refractivity contribution in [3.8, 4) is 17.2 Å². The minimum absolute atomic E-state index is 0.0379. The van der Waals surface area contributed by atoms with Gasteiger partial charge in [-0.2, -0.15) is 18.4 Å². The predicted octanol–water partition coefficient (Wildman–Crippen LogP) is 3.52. The maximum absolute atomic E-state index is 13.8. The van der Waals surface area contributed by atoms with Crippen molar-refractivity contribution < 1.29 is 35.7 Å². The molecule has 9 nitrogen and oxygen atoms in total. The summed E-state index contributed by atoms with van der Waals surface area (Å²) in [5, 5.41) is 14.5. The number of hydrogen-bond acceptors (Lipinski definition) is 7. The lowest BCUT2D eigenvalue weighted by Gasteiger charge is -2.29. The van der Waals surface area contributed by atoms with Gasteiger partial charge in [0.1, 0.15) is 22.8 Å². The number of aryl methyl sites for hydroxylation is 3. The normalized spacial score (nSPS) is 23.3. The number of halogens is 3. The number of benzene rings is 1. The van der Waals surface area contributed by atoms with Gasteiger partial charge < -0.3 is 14.7 Å². The number of rotatable bonds is 6. The zero-order valence-electron chi connectivity index (χ0n) is 21.6. The van der Waals surface area contributed by atoms with E-state index in [0.29, 0.717) is 35.4 Å². The van der Waals surface area contributed by atoms with Gasteiger partial charge in [0.2, 0.25) is 11.8 Å². The number of carbonyl (C=O) groups is 2. The molecule has 2 saturated carbocycles. The second-order valence-corrected chi connectivity index (χ2v) is 13.0. The van der Waals surface area contributed by atoms with Crippen LogP contribution in [0.1, 0.15) is 49.1 Å². The summed E-state index contributed by atoms with van der Waals surface area (Å²) in [6.07, 6.45) is -5.27. The van der Waals surface area contributed by atoms with Crippen molar-refractivity contribution in [1.29, 1.82) is 5.26 Å². The van der Waals surface area contributed by atoms with Crippen LogP contribution in [0.5, 0.6) is 0 Å². The van der Waals surface area contributed by atoms with Crippen LogP contribution in [0.3, 0.4) is 0 Å². The number of nitrogens with one attached hydrogen (secondary N) is 1. The van der Waals surface area contributed by atoms with Crippen LogP contribution in [0.2, 0.25) is 0 Å². The first kappa shape index (κ1) is 27.2. The summed E-state index contributed by atoms with van der Waals surface area (Å²) in [7, 11) is -4.16. The highest BCUT2D eigenvalue weighted by Crippen LogP contribution is 2.59. The second kappa shape index (κ2) is 8.81. The van der Waals surface area contributed by atoms with Crippen LogP contribution in [0, 0.1) is 37.5 Å². The van der Waals surface area contributed by atoms with E-state index in [9.17, 15) is 36.4 Å². The van der Waals surface area contributed by atoms with E-state index in [1.807, 2.05) is 6.07 Å². The van der Waals surface area contributed by atoms with Gasteiger partial charge in [0, 0.05) is 12.1 Å². The average Bonchev–Trinajstić information content (AvgIpc) is 3.76. The smallest absolute Gasteiger partial charge is 0.361 e.